The first-order valence-corrected chi connectivity index (χ1v) is 29.1. The summed E-state index contributed by atoms with van der Waals surface area (Å²) in [5, 5.41) is 0. The van der Waals surface area contributed by atoms with Crippen molar-refractivity contribution >= 4 is 17.9 Å². The zero-order valence-corrected chi connectivity index (χ0v) is 45.3. The van der Waals surface area contributed by atoms with Crippen LogP contribution in [-0.4, -0.2) is 37.2 Å². The lowest BCUT2D eigenvalue weighted by Gasteiger charge is -2.18. The van der Waals surface area contributed by atoms with Gasteiger partial charge in [-0.3, -0.25) is 14.4 Å². The monoisotopic (exact) mass is 961 g/mol. The van der Waals surface area contributed by atoms with Crippen LogP contribution in [-0.2, 0) is 28.6 Å². The summed E-state index contributed by atoms with van der Waals surface area (Å²) in [6.45, 7) is 6.46. The zero-order chi connectivity index (χ0) is 50.0. The first-order chi connectivity index (χ1) is 34.0. The Morgan fingerprint density at radius 2 is 0.594 bits per heavy atom. The van der Waals surface area contributed by atoms with Crippen molar-refractivity contribution in [2.75, 3.05) is 13.2 Å². The van der Waals surface area contributed by atoms with Crippen LogP contribution in [0.2, 0.25) is 0 Å². The third-order valence-electron chi connectivity index (χ3n) is 12.4. The number of allylic oxidation sites excluding steroid dienone is 14. The summed E-state index contributed by atoms with van der Waals surface area (Å²) in [5.74, 6) is -0.990. The fraction of sp³-hybridized carbons (Fsp3) is 0.730. The topological polar surface area (TPSA) is 78.9 Å². The molecule has 0 heterocycles. The Balaban J connectivity index is 4.44. The third kappa shape index (κ3) is 55.4. The highest BCUT2D eigenvalue weighted by Gasteiger charge is 2.19. The second-order valence-electron chi connectivity index (χ2n) is 19.2. The normalized spacial score (nSPS) is 12.7. The molecule has 0 rings (SSSR count). The van der Waals surface area contributed by atoms with Crippen molar-refractivity contribution in [2.45, 2.75) is 284 Å². The molecule has 0 bridgehead atoms. The van der Waals surface area contributed by atoms with Crippen LogP contribution in [0.3, 0.4) is 0 Å². The van der Waals surface area contributed by atoms with Gasteiger partial charge in [0.2, 0.25) is 0 Å². The van der Waals surface area contributed by atoms with Crippen LogP contribution < -0.4 is 0 Å². The maximum absolute atomic E-state index is 12.8. The molecule has 0 aromatic heterocycles. The number of esters is 3. The summed E-state index contributed by atoms with van der Waals surface area (Å²) in [7, 11) is 0. The quantitative estimate of drug-likeness (QED) is 0.0262. The molecule has 6 heteroatoms. The van der Waals surface area contributed by atoms with E-state index in [-0.39, 0.29) is 37.5 Å². The fourth-order valence-corrected chi connectivity index (χ4v) is 8.05. The predicted octanol–water partition coefficient (Wildman–Crippen LogP) is 19.5. The second kappa shape index (κ2) is 57.2. The SMILES string of the molecule is CC/C=C\C/C=C\C/C=C\C/C=C\C/C=C\C/C=C\CCC(=O)OC[C@H](COC(=O)CCCCCCCCCCCCCCCCCCCCC)OC(=O)CCCCCCC/C=C\CCCCCC. The Hall–Kier alpha value is -3.41. The van der Waals surface area contributed by atoms with Crippen LogP contribution in [0.4, 0.5) is 0 Å². The van der Waals surface area contributed by atoms with E-state index in [2.05, 4.69) is 99.8 Å². The molecule has 0 aliphatic heterocycles. The lowest BCUT2D eigenvalue weighted by molar-refractivity contribution is -0.166. The van der Waals surface area contributed by atoms with Crippen LogP contribution in [0, 0.1) is 0 Å². The summed E-state index contributed by atoms with van der Waals surface area (Å²) in [6, 6.07) is 0. The molecule has 0 radical (unpaired) electrons. The number of hydrogen-bond acceptors (Lipinski definition) is 6. The van der Waals surface area contributed by atoms with Crippen LogP contribution in [0.5, 0.6) is 0 Å². The van der Waals surface area contributed by atoms with Gasteiger partial charge in [0, 0.05) is 19.3 Å². The van der Waals surface area contributed by atoms with Crippen molar-refractivity contribution in [3.8, 4) is 0 Å². The van der Waals surface area contributed by atoms with Crippen molar-refractivity contribution in [1.29, 1.82) is 0 Å². The summed E-state index contributed by atoms with van der Waals surface area (Å²) in [4.78, 5) is 38.1. The third-order valence-corrected chi connectivity index (χ3v) is 12.4. The standard InChI is InChI=1S/C63H108O6/c1-4-7-10-13-16-19-22-25-27-29-31-33-35-38-40-43-46-49-52-55-61(64)67-58-60(69-63(66)57-54-51-48-45-42-37-24-21-18-15-12-9-6-3)59-68-62(65)56-53-50-47-44-41-39-36-34-32-30-28-26-23-20-17-14-11-8-5-2/h7,10,16,19,21,24-25,27,31,33,38,40,46,49,60H,4-6,8-9,11-15,17-18,20,22-23,26,28-30,32,34-37,39,41-45,47-48,50-59H2,1-3H3/b10-7-,19-16-,24-21-,27-25-,33-31-,40-38-,49-46-/t60-/m1/s1. The van der Waals surface area contributed by atoms with Gasteiger partial charge in [0.1, 0.15) is 13.2 Å². The van der Waals surface area contributed by atoms with E-state index >= 15 is 0 Å². The lowest BCUT2D eigenvalue weighted by atomic mass is 10.0. The van der Waals surface area contributed by atoms with Gasteiger partial charge >= 0.3 is 17.9 Å². The Kier molecular flexibility index (Phi) is 54.3. The minimum absolute atomic E-state index is 0.101. The molecule has 0 saturated carbocycles. The van der Waals surface area contributed by atoms with Gasteiger partial charge in [0.25, 0.3) is 0 Å². The molecule has 6 nitrogen and oxygen atoms in total. The van der Waals surface area contributed by atoms with Gasteiger partial charge in [-0.25, -0.2) is 0 Å². The molecule has 0 spiro atoms. The molecular weight excluding hydrogens is 853 g/mol. The van der Waals surface area contributed by atoms with Crippen molar-refractivity contribution < 1.29 is 28.6 Å². The molecule has 0 unspecified atom stereocenters. The summed E-state index contributed by atoms with van der Waals surface area (Å²) < 4.78 is 16.8. The largest absolute Gasteiger partial charge is 0.462 e. The molecule has 0 N–H and O–H groups in total. The Bertz CT molecular complexity index is 1330. The molecule has 396 valence electrons. The lowest BCUT2D eigenvalue weighted by Crippen LogP contribution is -2.30. The van der Waals surface area contributed by atoms with E-state index in [9.17, 15) is 14.4 Å². The van der Waals surface area contributed by atoms with Crippen molar-refractivity contribution in [3.63, 3.8) is 0 Å². The maximum atomic E-state index is 12.8. The van der Waals surface area contributed by atoms with Gasteiger partial charge < -0.3 is 14.2 Å². The number of unbranched alkanes of at least 4 members (excludes halogenated alkanes) is 27. The number of carbonyl (C=O) groups is 3. The van der Waals surface area contributed by atoms with Crippen molar-refractivity contribution in [2.24, 2.45) is 0 Å². The van der Waals surface area contributed by atoms with E-state index in [0.717, 1.165) is 89.9 Å². The van der Waals surface area contributed by atoms with Crippen molar-refractivity contribution in [3.05, 3.63) is 85.1 Å². The summed E-state index contributed by atoms with van der Waals surface area (Å²) in [5.41, 5.74) is 0. The number of ether oxygens (including phenoxy) is 3. The van der Waals surface area contributed by atoms with Gasteiger partial charge in [0.15, 0.2) is 6.10 Å². The van der Waals surface area contributed by atoms with E-state index in [0.29, 0.717) is 19.3 Å². The Labute approximate surface area is 426 Å². The van der Waals surface area contributed by atoms with E-state index < -0.39 is 6.10 Å². The summed E-state index contributed by atoms with van der Waals surface area (Å²) in [6.07, 6.45) is 74.5. The first-order valence-electron chi connectivity index (χ1n) is 29.1. The van der Waals surface area contributed by atoms with Gasteiger partial charge in [0.05, 0.1) is 0 Å². The van der Waals surface area contributed by atoms with Gasteiger partial charge in [-0.2, -0.15) is 0 Å². The first kappa shape index (κ1) is 65.6. The molecule has 0 fully saturated rings. The molecule has 0 aliphatic rings. The Morgan fingerprint density at radius 3 is 0.986 bits per heavy atom. The highest BCUT2D eigenvalue weighted by molar-refractivity contribution is 5.71. The molecule has 0 aromatic rings. The van der Waals surface area contributed by atoms with Crippen LogP contribution in [0.25, 0.3) is 0 Å². The van der Waals surface area contributed by atoms with Crippen molar-refractivity contribution in [1.82, 2.24) is 0 Å². The predicted molar refractivity (Wildman–Crippen MR) is 297 cm³/mol. The second-order valence-corrected chi connectivity index (χ2v) is 19.2. The van der Waals surface area contributed by atoms with E-state index in [4.69, 9.17) is 14.2 Å². The highest BCUT2D eigenvalue weighted by atomic mass is 16.6. The van der Waals surface area contributed by atoms with E-state index in [1.165, 1.54) is 141 Å². The molecule has 0 saturated heterocycles. The van der Waals surface area contributed by atoms with Crippen LogP contribution in [0.15, 0.2) is 85.1 Å². The molecule has 0 amide bonds. The fourth-order valence-electron chi connectivity index (χ4n) is 8.05. The van der Waals surface area contributed by atoms with Gasteiger partial charge in [-0.1, -0.05) is 260 Å². The number of carbonyl (C=O) groups excluding carboxylic acids is 3. The van der Waals surface area contributed by atoms with Crippen LogP contribution in [0.1, 0.15) is 278 Å². The van der Waals surface area contributed by atoms with Gasteiger partial charge in [-0.05, 0) is 83.5 Å². The average Bonchev–Trinajstić information content (AvgIpc) is 3.35. The van der Waals surface area contributed by atoms with E-state index in [1.807, 2.05) is 6.08 Å². The molecule has 69 heavy (non-hydrogen) atoms. The summed E-state index contributed by atoms with van der Waals surface area (Å²) >= 11 is 0. The molecule has 0 aliphatic carbocycles. The zero-order valence-electron chi connectivity index (χ0n) is 45.3. The van der Waals surface area contributed by atoms with Gasteiger partial charge in [-0.15, -0.1) is 0 Å². The molecule has 0 aromatic carbocycles. The minimum Gasteiger partial charge on any atom is -0.462 e. The average molecular weight is 962 g/mol. The molecule has 1 atom stereocenters. The number of hydrogen-bond donors (Lipinski definition) is 0. The number of rotatable bonds is 52. The highest BCUT2D eigenvalue weighted by Crippen LogP contribution is 2.16. The maximum Gasteiger partial charge on any atom is 0.306 e. The minimum atomic E-state index is -0.810. The van der Waals surface area contributed by atoms with Crippen LogP contribution >= 0.6 is 0 Å². The molecular formula is C63H108O6. The Morgan fingerprint density at radius 1 is 0.304 bits per heavy atom. The van der Waals surface area contributed by atoms with E-state index in [1.54, 1.807) is 0 Å². The smallest absolute Gasteiger partial charge is 0.306 e.